The Hall–Kier alpha value is -1.88. The molecule has 0 bridgehead atoms. The van der Waals surface area contributed by atoms with E-state index in [1.165, 1.54) is 5.56 Å². The highest BCUT2D eigenvalue weighted by Gasteiger charge is 2.24. The van der Waals surface area contributed by atoms with Crippen LogP contribution in [0, 0.1) is 0 Å². The Kier molecular flexibility index (Phi) is 7.17. The third-order valence-corrected chi connectivity index (χ3v) is 3.76. The van der Waals surface area contributed by atoms with E-state index in [0.717, 1.165) is 5.56 Å². The Balaban J connectivity index is 2.87. The van der Waals surface area contributed by atoms with E-state index >= 15 is 0 Å². The van der Waals surface area contributed by atoms with E-state index in [4.69, 9.17) is 14.6 Å². The monoisotopic (exact) mass is 350 g/mol. The van der Waals surface area contributed by atoms with Crippen molar-refractivity contribution in [2.75, 3.05) is 13.2 Å². The first-order valence-corrected chi connectivity index (χ1v) is 8.57. The molecular formula is C20H30O5. The van der Waals surface area contributed by atoms with Crippen LogP contribution >= 0.6 is 0 Å². The summed E-state index contributed by atoms with van der Waals surface area (Å²) in [7, 11) is 0. The van der Waals surface area contributed by atoms with Crippen molar-refractivity contribution in [2.45, 2.75) is 65.2 Å². The molecule has 0 saturated heterocycles. The maximum absolute atomic E-state index is 12.1. The number of hydrogen-bond acceptors (Lipinski definition) is 5. The van der Waals surface area contributed by atoms with Gasteiger partial charge in [-0.15, -0.1) is 0 Å². The van der Waals surface area contributed by atoms with Gasteiger partial charge in [0, 0.05) is 5.56 Å². The Morgan fingerprint density at radius 1 is 0.960 bits per heavy atom. The molecule has 0 atom stereocenters. The van der Waals surface area contributed by atoms with Crippen molar-refractivity contribution in [2.24, 2.45) is 0 Å². The van der Waals surface area contributed by atoms with Crippen LogP contribution in [0.25, 0.3) is 0 Å². The Labute approximate surface area is 150 Å². The number of carbonyl (C=O) groups is 2. The summed E-state index contributed by atoms with van der Waals surface area (Å²) in [5, 5.41) is 8.60. The van der Waals surface area contributed by atoms with Crippen LogP contribution in [0.4, 0.5) is 0 Å². The summed E-state index contributed by atoms with van der Waals surface area (Å²) < 4.78 is 10.2. The second-order valence-corrected chi connectivity index (χ2v) is 8.13. The van der Waals surface area contributed by atoms with Gasteiger partial charge in [0.2, 0.25) is 0 Å². The molecule has 0 aromatic heterocycles. The summed E-state index contributed by atoms with van der Waals surface area (Å²) in [5.41, 5.74) is 1.94. The average molecular weight is 350 g/mol. The zero-order chi connectivity index (χ0) is 19.3. The van der Waals surface area contributed by atoms with Crippen LogP contribution in [0.1, 0.15) is 65.5 Å². The van der Waals surface area contributed by atoms with Crippen molar-refractivity contribution in [1.29, 1.82) is 0 Å². The van der Waals surface area contributed by atoms with Crippen molar-refractivity contribution in [3.8, 4) is 5.75 Å². The quantitative estimate of drug-likeness (QED) is 0.628. The molecule has 1 aromatic rings. The highest BCUT2D eigenvalue weighted by atomic mass is 16.5. The fourth-order valence-corrected chi connectivity index (χ4v) is 2.28. The van der Waals surface area contributed by atoms with Gasteiger partial charge in [-0.05, 0) is 22.5 Å². The normalized spacial score (nSPS) is 12.0. The van der Waals surface area contributed by atoms with Crippen molar-refractivity contribution in [1.82, 2.24) is 0 Å². The molecule has 0 radical (unpaired) electrons. The molecule has 5 nitrogen and oxygen atoms in total. The molecule has 5 heteroatoms. The second kappa shape index (κ2) is 8.48. The molecule has 1 aromatic carbocycles. The Bertz CT molecular complexity index is 605. The predicted molar refractivity (Wildman–Crippen MR) is 96.8 cm³/mol. The second-order valence-electron chi connectivity index (χ2n) is 8.13. The average Bonchev–Trinajstić information content (AvgIpc) is 2.49. The van der Waals surface area contributed by atoms with Crippen LogP contribution in [0.15, 0.2) is 18.2 Å². The molecule has 1 N–H and O–H groups in total. The highest BCUT2D eigenvalue weighted by Crippen LogP contribution is 2.35. The first kappa shape index (κ1) is 21.2. The fourth-order valence-electron chi connectivity index (χ4n) is 2.28. The smallest absolute Gasteiger partial charge is 0.311 e. The lowest BCUT2D eigenvalue weighted by atomic mass is 9.80. The van der Waals surface area contributed by atoms with E-state index in [1.54, 1.807) is 0 Å². The van der Waals surface area contributed by atoms with Gasteiger partial charge in [0.05, 0.1) is 19.4 Å². The maximum atomic E-state index is 12.1. The van der Waals surface area contributed by atoms with Crippen molar-refractivity contribution in [3.05, 3.63) is 29.3 Å². The number of aliphatic hydroxyl groups is 1. The number of aliphatic hydroxyl groups excluding tert-OH is 1. The first-order valence-electron chi connectivity index (χ1n) is 8.57. The standard InChI is InChI=1S/C20H30O5/c1-19(2,3)14-7-8-16(15(13-14)20(4,5)6)25-18(23)10-9-17(22)24-12-11-21/h7-8,13,21H,9-12H2,1-6H3. The minimum atomic E-state index is -0.523. The van der Waals surface area contributed by atoms with E-state index in [1.807, 2.05) is 12.1 Å². The fraction of sp³-hybridized carbons (Fsp3) is 0.600. The van der Waals surface area contributed by atoms with Crippen LogP contribution in [0.2, 0.25) is 0 Å². The van der Waals surface area contributed by atoms with E-state index in [0.29, 0.717) is 5.75 Å². The molecule has 0 spiro atoms. The zero-order valence-corrected chi connectivity index (χ0v) is 16.1. The third-order valence-electron chi connectivity index (χ3n) is 3.76. The minimum Gasteiger partial charge on any atom is -0.463 e. The Morgan fingerprint density at radius 3 is 2.08 bits per heavy atom. The lowest BCUT2D eigenvalue weighted by Gasteiger charge is -2.26. The van der Waals surface area contributed by atoms with Gasteiger partial charge in [-0.3, -0.25) is 9.59 Å². The van der Waals surface area contributed by atoms with E-state index in [-0.39, 0.29) is 36.9 Å². The highest BCUT2D eigenvalue weighted by molar-refractivity contribution is 5.79. The lowest BCUT2D eigenvalue weighted by molar-refractivity contribution is -0.147. The van der Waals surface area contributed by atoms with Crippen LogP contribution in [0.3, 0.4) is 0 Å². The molecule has 0 unspecified atom stereocenters. The van der Waals surface area contributed by atoms with Crippen molar-refractivity contribution >= 4 is 11.9 Å². The predicted octanol–water partition coefficient (Wildman–Crippen LogP) is 3.50. The van der Waals surface area contributed by atoms with Crippen molar-refractivity contribution in [3.63, 3.8) is 0 Å². The van der Waals surface area contributed by atoms with Gasteiger partial charge in [0.25, 0.3) is 0 Å². The molecule has 0 saturated carbocycles. The van der Waals surface area contributed by atoms with Gasteiger partial charge in [-0.25, -0.2) is 0 Å². The number of benzene rings is 1. The molecule has 1 rings (SSSR count). The topological polar surface area (TPSA) is 72.8 Å². The van der Waals surface area contributed by atoms with E-state index in [2.05, 4.69) is 47.6 Å². The molecule has 0 aliphatic carbocycles. The molecule has 0 aliphatic rings. The lowest BCUT2D eigenvalue weighted by Crippen LogP contribution is -2.19. The van der Waals surface area contributed by atoms with Gasteiger partial charge in [0.1, 0.15) is 12.4 Å². The summed E-state index contributed by atoms with van der Waals surface area (Å²) >= 11 is 0. The number of rotatable bonds is 6. The Morgan fingerprint density at radius 2 is 1.56 bits per heavy atom. The zero-order valence-electron chi connectivity index (χ0n) is 16.1. The van der Waals surface area contributed by atoms with Crippen LogP contribution in [-0.2, 0) is 25.2 Å². The molecule has 0 amide bonds. The van der Waals surface area contributed by atoms with Gasteiger partial charge < -0.3 is 14.6 Å². The first-order chi connectivity index (χ1) is 11.4. The summed E-state index contributed by atoms with van der Waals surface area (Å²) in [6, 6.07) is 5.87. The molecular weight excluding hydrogens is 320 g/mol. The largest absolute Gasteiger partial charge is 0.463 e. The van der Waals surface area contributed by atoms with Crippen LogP contribution in [-0.4, -0.2) is 30.3 Å². The van der Waals surface area contributed by atoms with Crippen molar-refractivity contribution < 1.29 is 24.2 Å². The summed E-state index contributed by atoms with van der Waals surface area (Å²) in [5.74, 6) is -0.477. The SMILES string of the molecule is CC(C)(C)c1ccc(OC(=O)CCC(=O)OCCO)c(C(C)(C)C)c1. The molecule has 0 aliphatic heterocycles. The van der Waals surface area contributed by atoms with Gasteiger partial charge >= 0.3 is 11.9 Å². The molecule has 140 valence electrons. The van der Waals surface area contributed by atoms with Crippen LogP contribution < -0.4 is 4.74 Å². The maximum Gasteiger partial charge on any atom is 0.311 e. The summed E-state index contributed by atoms with van der Waals surface area (Å²) in [6.45, 7) is 12.3. The molecule has 25 heavy (non-hydrogen) atoms. The summed E-state index contributed by atoms with van der Waals surface area (Å²) in [6.07, 6.45) is -0.126. The number of esters is 2. The number of hydrogen-bond donors (Lipinski definition) is 1. The minimum absolute atomic E-state index is 0.000989. The van der Waals surface area contributed by atoms with E-state index < -0.39 is 11.9 Å². The number of carbonyl (C=O) groups excluding carboxylic acids is 2. The van der Waals surface area contributed by atoms with Gasteiger partial charge in [-0.2, -0.15) is 0 Å². The number of ether oxygens (including phenoxy) is 2. The van der Waals surface area contributed by atoms with Gasteiger partial charge in [0.15, 0.2) is 0 Å². The molecule has 0 fully saturated rings. The van der Waals surface area contributed by atoms with Crippen LogP contribution in [0.5, 0.6) is 5.75 Å². The van der Waals surface area contributed by atoms with E-state index in [9.17, 15) is 9.59 Å². The molecule has 0 heterocycles. The third kappa shape index (κ3) is 6.86. The van der Waals surface area contributed by atoms with Gasteiger partial charge in [-0.1, -0.05) is 53.7 Å². The summed E-state index contributed by atoms with van der Waals surface area (Å²) in [4.78, 5) is 23.5.